The quantitative estimate of drug-likeness (QED) is 0.848. The van der Waals surface area contributed by atoms with Gasteiger partial charge >= 0.3 is 5.97 Å². The average Bonchev–Trinajstić information content (AvgIpc) is 2.41. The summed E-state index contributed by atoms with van der Waals surface area (Å²) >= 11 is 5.83. The Morgan fingerprint density at radius 2 is 1.90 bits per heavy atom. The van der Waals surface area contributed by atoms with Crippen molar-refractivity contribution in [3.05, 3.63) is 64.4 Å². The highest BCUT2D eigenvalue weighted by molar-refractivity contribution is 6.33. The molecule has 0 amide bonds. The van der Waals surface area contributed by atoms with Crippen molar-refractivity contribution in [1.29, 1.82) is 0 Å². The summed E-state index contributed by atoms with van der Waals surface area (Å²) < 4.78 is 12.9. The lowest BCUT2D eigenvalue weighted by Crippen LogP contribution is -2.14. The fraction of sp³-hybridized carbons (Fsp3) is 0.133. The van der Waals surface area contributed by atoms with E-state index in [1.165, 1.54) is 24.3 Å². The number of anilines is 1. The summed E-state index contributed by atoms with van der Waals surface area (Å²) in [6, 6.07) is 10.5. The van der Waals surface area contributed by atoms with E-state index in [4.69, 9.17) is 17.3 Å². The van der Waals surface area contributed by atoms with Crippen molar-refractivity contribution in [2.24, 2.45) is 0 Å². The van der Waals surface area contributed by atoms with E-state index in [0.29, 0.717) is 16.3 Å². The highest BCUT2D eigenvalue weighted by Crippen LogP contribution is 2.25. The zero-order valence-electron chi connectivity index (χ0n) is 10.5. The van der Waals surface area contributed by atoms with Crippen LogP contribution in [-0.2, 0) is 11.2 Å². The largest absolute Gasteiger partial charge is 0.481 e. The lowest BCUT2D eigenvalue weighted by molar-refractivity contribution is -0.138. The van der Waals surface area contributed by atoms with Crippen LogP contribution in [0.4, 0.5) is 10.1 Å². The molecule has 0 saturated heterocycles. The molecule has 20 heavy (non-hydrogen) atoms. The molecule has 0 bridgehead atoms. The molecule has 2 rings (SSSR count). The molecule has 0 aliphatic rings. The van der Waals surface area contributed by atoms with Crippen molar-refractivity contribution in [1.82, 2.24) is 0 Å². The second-order valence-corrected chi connectivity index (χ2v) is 4.91. The van der Waals surface area contributed by atoms with Crippen molar-refractivity contribution in [2.75, 3.05) is 5.73 Å². The zero-order chi connectivity index (χ0) is 14.7. The summed E-state index contributed by atoms with van der Waals surface area (Å²) in [6.07, 6.45) is 0.266. The molecule has 1 atom stereocenters. The number of carboxylic acid groups (broad SMARTS) is 1. The van der Waals surface area contributed by atoms with Crippen LogP contribution in [0.15, 0.2) is 42.5 Å². The van der Waals surface area contributed by atoms with Gasteiger partial charge in [-0.3, -0.25) is 4.79 Å². The second kappa shape index (κ2) is 5.92. The average molecular weight is 294 g/mol. The highest BCUT2D eigenvalue weighted by Gasteiger charge is 2.20. The van der Waals surface area contributed by atoms with Crippen LogP contribution >= 0.6 is 11.6 Å². The Kier molecular flexibility index (Phi) is 4.25. The molecule has 0 spiro atoms. The number of hydrogen-bond donors (Lipinski definition) is 2. The van der Waals surface area contributed by atoms with Crippen molar-refractivity contribution >= 4 is 23.3 Å². The van der Waals surface area contributed by atoms with Crippen molar-refractivity contribution in [3.63, 3.8) is 0 Å². The number of benzene rings is 2. The van der Waals surface area contributed by atoms with Crippen molar-refractivity contribution in [2.45, 2.75) is 12.3 Å². The Labute approximate surface area is 120 Å². The van der Waals surface area contributed by atoms with Crippen LogP contribution in [0.25, 0.3) is 0 Å². The van der Waals surface area contributed by atoms with Crippen LogP contribution in [0.1, 0.15) is 17.0 Å². The Morgan fingerprint density at radius 3 is 2.45 bits per heavy atom. The summed E-state index contributed by atoms with van der Waals surface area (Å²) in [5.41, 5.74) is 7.43. The first kappa shape index (κ1) is 14.3. The van der Waals surface area contributed by atoms with Gasteiger partial charge in [-0.25, -0.2) is 4.39 Å². The van der Waals surface area contributed by atoms with Crippen LogP contribution in [0.3, 0.4) is 0 Å². The van der Waals surface area contributed by atoms with E-state index in [1.807, 2.05) is 0 Å². The number of carbonyl (C=O) groups is 1. The molecule has 0 heterocycles. The number of aliphatic carboxylic acids is 1. The smallest absolute Gasteiger partial charge is 0.311 e. The molecule has 1 unspecified atom stereocenters. The predicted molar refractivity (Wildman–Crippen MR) is 76.3 cm³/mol. The van der Waals surface area contributed by atoms with E-state index >= 15 is 0 Å². The van der Waals surface area contributed by atoms with Gasteiger partial charge in [-0.05, 0) is 41.8 Å². The van der Waals surface area contributed by atoms with Crippen molar-refractivity contribution < 1.29 is 14.3 Å². The summed E-state index contributed by atoms with van der Waals surface area (Å²) in [6.45, 7) is 0. The first-order valence-corrected chi connectivity index (χ1v) is 6.37. The maximum atomic E-state index is 12.9. The molecule has 3 N–H and O–H groups in total. The maximum absolute atomic E-state index is 12.9. The molecule has 0 aromatic heterocycles. The summed E-state index contributed by atoms with van der Waals surface area (Å²) in [7, 11) is 0. The maximum Gasteiger partial charge on any atom is 0.311 e. The van der Waals surface area contributed by atoms with Gasteiger partial charge in [0.1, 0.15) is 5.82 Å². The normalized spacial score (nSPS) is 12.1. The van der Waals surface area contributed by atoms with Gasteiger partial charge in [0.2, 0.25) is 0 Å². The topological polar surface area (TPSA) is 63.3 Å². The summed E-state index contributed by atoms with van der Waals surface area (Å²) in [4.78, 5) is 11.4. The van der Waals surface area contributed by atoms with E-state index < -0.39 is 17.7 Å². The van der Waals surface area contributed by atoms with Crippen LogP contribution in [0.2, 0.25) is 5.02 Å². The standard InChI is InChI=1S/C15H13ClFNO2/c16-13-6-1-9(8-14(13)18)7-12(15(19)20)10-2-4-11(17)5-3-10/h1-6,8,12H,7,18H2,(H,19,20). The van der Waals surface area contributed by atoms with Crippen LogP contribution in [-0.4, -0.2) is 11.1 Å². The summed E-state index contributed by atoms with van der Waals surface area (Å²) in [5, 5.41) is 9.76. The molecular formula is C15H13ClFNO2. The van der Waals surface area contributed by atoms with Gasteiger partial charge in [0.05, 0.1) is 16.6 Å². The van der Waals surface area contributed by atoms with E-state index in [9.17, 15) is 14.3 Å². The monoisotopic (exact) mass is 293 g/mol. The van der Waals surface area contributed by atoms with Gasteiger partial charge in [-0.1, -0.05) is 29.8 Å². The zero-order valence-corrected chi connectivity index (χ0v) is 11.3. The Morgan fingerprint density at radius 1 is 1.25 bits per heavy atom. The lowest BCUT2D eigenvalue weighted by Gasteiger charge is -2.13. The molecular weight excluding hydrogens is 281 g/mol. The van der Waals surface area contributed by atoms with E-state index in [1.54, 1.807) is 18.2 Å². The highest BCUT2D eigenvalue weighted by atomic mass is 35.5. The Bertz CT molecular complexity index is 628. The van der Waals surface area contributed by atoms with Crippen LogP contribution in [0.5, 0.6) is 0 Å². The minimum atomic E-state index is -0.967. The molecule has 3 nitrogen and oxygen atoms in total. The number of hydrogen-bond acceptors (Lipinski definition) is 2. The predicted octanol–water partition coefficient (Wildman–Crippen LogP) is 3.47. The first-order valence-electron chi connectivity index (χ1n) is 5.99. The third-order valence-corrected chi connectivity index (χ3v) is 3.41. The van der Waals surface area contributed by atoms with Gasteiger partial charge in [0, 0.05) is 0 Å². The van der Waals surface area contributed by atoms with Crippen LogP contribution in [0, 0.1) is 5.82 Å². The molecule has 5 heteroatoms. The third-order valence-electron chi connectivity index (χ3n) is 3.07. The van der Waals surface area contributed by atoms with Gasteiger partial charge in [0.25, 0.3) is 0 Å². The molecule has 0 aliphatic heterocycles. The van der Waals surface area contributed by atoms with Crippen molar-refractivity contribution in [3.8, 4) is 0 Å². The van der Waals surface area contributed by atoms with Gasteiger partial charge < -0.3 is 10.8 Å². The molecule has 0 saturated carbocycles. The molecule has 0 radical (unpaired) electrons. The Balaban J connectivity index is 2.27. The summed E-state index contributed by atoms with van der Waals surface area (Å²) in [5.74, 6) is -2.12. The fourth-order valence-corrected chi connectivity index (χ4v) is 2.12. The lowest BCUT2D eigenvalue weighted by atomic mass is 9.92. The molecule has 0 fully saturated rings. The minimum Gasteiger partial charge on any atom is -0.481 e. The number of halogens is 2. The molecule has 2 aromatic carbocycles. The van der Waals surface area contributed by atoms with E-state index in [0.717, 1.165) is 5.56 Å². The van der Waals surface area contributed by atoms with Gasteiger partial charge in [0.15, 0.2) is 0 Å². The van der Waals surface area contributed by atoms with Crippen LogP contribution < -0.4 is 5.73 Å². The number of rotatable bonds is 4. The number of carboxylic acids is 1. The number of nitrogen functional groups attached to an aromatic ring is 1. The fourth-order valence-electron chi connectivity index (χ4n) is 2.00. The molecule has 0 aliphatic carbocycles. The SMILES string of the molecule is Nc1cc(CC(C(=O)O)c2ccc(F)cc2)ccc1Cl. The molecule has 104 valence electrons. The Hall–Kier alpha value is -2.07. The van der Waals surface area contributed by atoms with Gasteiger partial charge in [-0.15, -0.1) is 0 Å². The number of nitrogens with two attached hydrogens (primary N) is 1. The van der Waals surface area contributed by atoms with E-state index in [2.05, 4.69) is 0 Å². The third kappa shape index (κ3) is 3.27. The first-order chi connectivity index (χ1) is 9.47. The second-order valence-electron chi connectivity index (χ2n) is 4.50. The molecule has 2 aromatic rings. The van der Waals surface area contributed by atoms with E-state index in [-0.39, 0.29) is 6.42 Å². The van der Waals surface area contributed by atoms with Gasteiger partial charge in [-0.2, -0.15) is 0 Å². The minimum absolute atomic E-state index is 0.266.